The molecule has 0 saturated carbocycles. The van der Waals surface area contributed by atoms with E-state index >= 15 is 0 Å². The monoisotopic (exact) mass is 255 g/mol. The lowest BCUT2D eigenvalue weighted by Gasteiger charge is -2.28. The molecule has 0 amide bonds. The Morgan fingerprint density at radius 2 is 1.82 bits per heavy atom. The summed E-state index contributed by atoms with van der Waals surface area (Å²) in [6.45, 7) is 5.92. The van der Waals surface area contributed by atoms with Crippen LogP contribution >= 0.6 is 11.6 Å². The molecule has 0 bridgehead atoms. The predicted molar refractivity (Wildman–Crippen MR) is 73.4 cm³/mol. The summed E-state index contributed by atoms with van der Waals surface area (Å²) in [5.74, 6) is 0. The largest absolute Gasteiger partial charge is 0.385 e. The van der Waals surface area contributed by atoms with E-state index in [9.17, 15) is 5.11 Å². The Morgan fingerprint density at radius 3 is 2.35 bits per heavy atom. The summed E-state index contributed by atoms with van der Waals surface area (Å²) in [7, 11) is 0. The molecule has 2 N–H and O–H groups in total. The molecule has 17 heavy (non-hydrogen) atoms. The van der Waals surface area contributed by atoms with Crippen molar-refractivity contribution in [1.29, 1.82) is 0 Å². The molecular formula is C14H22ClNO. The van der Waals surface area contributed by atoms with Crippen molar-refractivity contribution in [3.8, 4) is 0 Å². The molecule has 0 aliphatic carbocycles. The van der Waals surface area contributed by atoms with E-state index in [0.29, 0.717) is 5.02 Å². The van der Waals surface area contributed by atoms with E-state index < -0.39 is 5.60 Å². The van der Waals surface area contributed by atoms with Crippen molar-refractivity contribution in [3.63, 3.8) is 0 Å². The molecule has 0 radical (unpaired) electrons. The number of hydrogen-bond acceptors (Lipinski definition) is 2. The van der Waals surface area contributed by atoms with Crippen LogP contribution in [0.15, 0.2) is 24.3 Å². The van der Waals surface area contributed by atoms with Gasteiger partial charge in [0.25, 0.3) is 0 Å². The minimum absolute atomic E-state index is 0.708. The van der Waals surface area contributed by atoms with E-state index in [4.69, 9.17) is 11.6 Å². The van der Waals surface area contributed by atoms with Gasteiger partial charge < -0.3 is 10.4 Å². The van der Waals surface area contributed by atoms with Crippen LogP contribution in [-0.2, 0) is 5.60 Å². The zero-order valence-corrected chi connectivity index (χ0v) is 11.4. The van der Waals surface area contributed by atoms with E-state index in [1.807, 2.05) is 24.3 Å². The predicted octanol–water partition coefficient (Wildman–Crippen LogP) is 3.33. The fraction of sp³-hybridized carbons (Fsp3) is 0.571. The second-order valence-electron chi connectivity index (χ2n) is 4.39. The van der Waals surface area contributed by atoms with Gasteiger partial charge in [0.1, 0.15) is 0 Å². The lowest BCUT2D eigenvalue weighted by molar-refractivity contribution is 0.0182. The summed E-state index contributed by atoms with van der Waals surface area (Å²) in [5, 5.41) is 14.7. The van der Waals surface area contributed by atoms with Gasteiger partial charge in [-0.2, -0.15) is 0 Å². The van der Waals surface area contributed by atoms with Gasteiger partial charge in [0.05, 0.1) is 5.60 Å². The van der Waals surface area contributed by atoms with Crippen molar-refractivity contribution in [2.24, 2.45) is 0 Å². The Labute approximate surface area is 109 Å². The first-order valence-corrected chi connectivity index (χ1v) is 6.69. The summed E-state index contributed by atoms with van der Waals surface area (Å²) in [6.07, 6.45) is 2.47. The zero-order valence-electron chi connectivity index (χ0n) is 10.7. The maximum absolute atomic E-state index is 10.7. The average molecular weight is 256 g/mol. The minimum atomic E-state index is -0.735. The minimum Gasteiger partial charge on any atom is -0.385 e. The van der Waals surface area contributed by atoms with Crippen LogP contribution in [0.3, 0.4) is 0 Å². The molecule has 0 spiro atoms. The molecule has 0 aliphatic rings. The van der Waals surface area contributed by atoms with Gasteiger partial charge in [0.15, 0.2) is 0 Å². The Kier molecular flexibility index (Phi) is 5.96. The van der Waals surface area contributed by atoms with Crippen molar-refractivity contribution in [2.75, 3.05) is 13.1 Å². The van der Waals surface area contributed by atoms with Crippen LogP contribution in [0.1, 0.15) is 38.7 Å². The summed E-state index contributed by atoms with van der Waals surface area (Å²) in [4.78, 5) is 0. The number of nitrogens with one attached hydrogen (secondary N) is 1. The maximum atomic E-state index is 10.7. The number of aliphatic hydroxyl groups is 1. The fourth-order valence-corrected chi connectivity index (χ4v) is 2.19. The van der Waals surface area contributed by atoms with Crippen molar-refractivity contribution in [1.82, 2.24) is 5.32 Å². The van der Waals surface area contributed by atoms with Gasteiger partial charge >= 0.3 is 0 Å². The van der Waals surface area contributed by atoms with Crippen molar-refractivity contribution < 1.29 is 5.11 Å². The van der Waals surface area contributed by atoms with E-state index in [-0.39, 0.29) is 0 Å². The molecular weight excluding hydrogens is 234 g/mol. The summed E-state index contributed by atoms with van der Waals surface area (Å²) in [6, 6.07) is 7.52. The average Bonchev–Trinajstić information content (AvgIpc) is 2.30. The fourth-order valence-electron chi connectivity index (χ4n) is 2.06. The van der Waals surface area contributed by atoms with E-state index in [0.717, 1.165) is 37.9 Å². The highest BCUT2D eigenvalue weighted by molar-refractivity contribution is 6.30. The highest BCUT2D eigenvalue weighted by atomic mass is 35.5. The van der Waals surface area contributed by atoms with Crippen LogP contribution in [0.2, 0.25) is 5.02 Å². The Bertz CT molecular complexity index is 325. The molecule has 1 rings (SSSR count). The van der Waals surface area contributed by atoms with Crippen LogP contribution in [-0.4, -0.2) is 18.2 Å². The molecule has 96 valence electrons. The molecule has 0 saturated heterocycles. The Morgan fingerprint density at radius 1 is 1.18 bits per heavy atom. The van der Waals surface area contributed by atoms with Crippen LogP contribution in [0.4, 0.5) is 0 Å². The Balaban J connectivity index is 2.78. The molecule has 1 unspecified atom stereocenters. The first kappa shape index (κ1) is 14.5. The number of halogens is 1. The summed E-state index contributed by atoms with van der Waals surface area (Å²) in [5.41, 5.74) is 0.225. The molecule has 0 aliphatic heterocycles. The lowest BCUT2D eigenvalue weighted by atomic mass is 9.86. The third-order valence-corrected chi connectivity index (χ3v) is 3.26. The van der Waals surface area contributed by atoms with Gasteiger partial charge in [0, 0.05) is 5.02 Å². The second kappa shape index (κ2) is 7.00. The van der Waals surface area contributed by atoms with E-state index in [1.54, 1.807) is 0 Å². The van der Waals surface area contributed by atoms with Crippen molar-refractivity contribution in [2.45, 2.75) is 38.7 Å². The normalized spacial score (nSPS) is 14.6. The highest BCUT2D eigenvalue weighted by Crippen LogP contribution is 2.30. The van der Waals surface area contributed by atoms with Gasteiger partial charge in [0.2, 0.25) is 0 Å². The quantitative estimate of drug-likeness (QED) is 0.733. The molecule has 0 fully saturated rings. The lowest BCUT2D eigenvalue weighted by Crippen LogP contribution is -2.30. The molecule has 2 nitrogen and oxygen atoms in total. The van der Waals surface area contributed by atoms with Crippen LogP contribution in [0, 0.1) is 0 Å². The zero-order chi connectivity index (χ0) is 12.7. The van der Waals surface area contributed by atoms with Crippen LogP contribution in [0.25, 0.3) is 0 Å². The van der Waals surface area contributed by atoms with E-state index in [1.165, 1.54) is 0 Å². The SMILES string of the molecule is CCCC(O)(CCNCC)c1ccc(Cl)cc1. The third kappa shape index (κ3) is 4.30. The summed E-state index contributed by atoms with van der Waals surface area (Å²) >= 11 is 5.87. The van der Waals surface area contributed by atoms with Crippen molar-refractivity contribution >= 4 is 11.6 Å². The smallest absolute Gasteiger partial charge is 0.0908 e. The topological polar surface area (TPSA) is 32.3 Å². The molecule has 1 atom stereocenters. The first-order valence-electron chi connectivity index (χ1n) is 6.31. The molecule has 0 aromatic heterocycles. The molecule has 1 aromatic rings. The van der Waals surface area contributed by atoms with Crippen LogP contribution < -0.4 is 5.32 Å². The standard InChI is InChI=1S/C14H22ClNO/c1-3-9-14(17,10-11-16-4-2)12-5-7-13(15)8-6-12/h5-8,16-17H,3-4,9-11H2,1-2H3. The van der Waals surface area contributed by atoms with Crippen molar-refractivity contribution in [3.05, 3.63) is 34.9 Å². The maximum Gasteiger partial charge on any atom is 0.0908 e. The van der Waals surface area contributed by atoms with Crippen LogP contribution in [0.5, 0.6) is 0 Å². The first-order chi connectivity index (χ1) is 8.12. The van der Waals surface area contributed by atoms with Gasteiger partial charge in [-0.05, 0) is 43.6 Å². The second-order valence-corrected chi connectivity index (χ2v) is 4.83. The van der Waals surface area contributed by atoms with Gasteiger partial charge in [-0.1, -0.05) is 44.0 Å². The van der Waals surface area contributed by atoms with Gasteiger partial charge in [-0.3, -0.25) is 0 Å². The number of hydrogen-bond donors (Lipinski definition) is 2. The Hall–Kier alpha value is -0.570. The van der Waals surface area contributed by atoms with Gasteiger partial charge in [-0.25, -0.2) is 0 Å². The van der Waals surface area contributed by atoms with Gasteiger partial charge in [-0.15, -0.1) is 0 Å². The number of benzene rings is 1. The summed E-state index contributed by atoms with van der Waals surface area (Å²) < 4.78 is 0. The molecule has 0 heterocycles. The highest BCUT2D eigenvalue weighted by Gasteiger charge is 2.27. The van der Waals surface area contributed by atoms with E-state index in [2.05, 4.69) is 19.2 Å². The molecule has 3 heteroatoms. The third-order valence-electron chi connectivity index (χ3n) is 3.01. The molecule has 1 aromatic carbocycles. The number of rotatable bonds is 7.